The van der Waals surface area contributed by atoms with Crippen LogP contribution in [0.3, 0.4) is 0 Å². The van der Waals surface area contributed by atoms with Gasteiger partial charge in [0.2, 0.25) is 0 Å². The molecule has 0 bridgehead atoms. The van der Waals surface area contributed by atoms with Crippen molar-refractivity contribution in [2.24, 2.45) is 7.05 Å². The molecule has 1 aromatic carbocycles. The van der Waals surface area contributed by atoms with Gasteiger partial charge in [-0.05, 0) is 12.0 Å². The van der Waals surface area contributed by atoms with Crippen LogP contribution in [0.4, 0.5) is 0 Å². The molecule has 6 heteroatoms. The summed E-state index contributed by atoms with van der Waals surface area (Å²) in [6.07, 6.45) is 0.996. The molecule has 0 aliphatic rings. The van der Waals surface area contributed by atoms with Crippen molar-refractivity contribution in [3.8, 4) is 11.4 Å². The van der Waals surface area contributed by atoms with Gasteiger partial charge in [0.05, 0.1) is 5.75 Å². The van der Waals surface area contributed by atoms with E-state index in [9.17, 15) is 4.79 Å². The summed E-state index contributed by atoms with van der Waals surface area (Å²) in [5, 5.41) is 13.6. The van der Waals surface area contributed by atoms with E-state index in [1.54, 1.807) is 11.7 Å². The number of carboxylic acid groups (broad SMARTS) is 1. The van der Waals surface area contributed by atoms with Crippen molar-refractivity contribution < 1.29 is 9.90 Å². The van der Waals surface area contributed by atoms with E-state index < -0.39 is 5.97 Å². The van der Waals surface area contributed by atoms with Crippen LogP contribution in [0.25, 0.3) is 11.4 Å². The van der Waals surface area contributed by atoms with Gasteiger partial charge in [-0.2, -0.15) is 5.10 Å². The van der Waals surface area contributed by atoms with Crippen LogP contribution in [0, 0.1) is 0 Å². The Bertz CT molecular complexity index is 578. The first-order valence-electron chi connectivity index (χ1n) is 5.95. The van der Waals surface area contributed by atoms with Crippen molar-refractivity contribution in [2.45, 2.75) is 18.5 Å². The second-order valence-corrected chi connectivity index (χ2v) is 5.02. The summed E-state index contributed by atoms with van der Waals surface area (Å²) in [6, 6.07) is 8.07. The molecule has 0 aliphatic heterocycles. The Morgan fingerprint density at radius 1 is 1.37 bits per heavy atom. The molecule has 1 N–H and O–H groups in total. The molecule has 0 unspecified atom stereocenters. The quantitative estimate of drug-likeness (QED) is 0.849. The SMILES string of the molecule is CCc1ccc(-c2nc(SCC(=O)O)n(C)n2)cc1. The molecule has 0 radical (unpaired) electrons. The van der Waals surface area contributed by atoms with Gasteiger partial charge in [-0.3, -0.25) is 4.79 Å². The van der Waals surface area contributed by atoms with Crippen LogP contribution in [-0.2, 0) is 18.3 Å². The van der Waals surface area contributed by atoms with Gasteiger partial charge >= 0.3 is 5.97 Å². The third-order valence-corrected chi connectivity index (χ3v) is 3.67. The van der Waals surface area contributed by atoms with Gasteiger partial charge in [-0.1, -0.05) is 43.0 Å². The number of rotatable bonds is 5. The maximum atomic E-state index is 10.6. The lowest BCUT2D eigenvalue weighted by Crippen LogP contribution is -2.00. The van der Waals surface area contributed by atoms with E-state index in [1.807, 2.05) is 12.1 Å². The third-order valence-electron chi connectivity index (χ3n) is 2.67. The smallest absolute Gasteiger partial charge is 0.313 e. The van der Waals surface area contributed by atoms with E-state index >= 15 is 0 Å². The molecule has 100 valence electrons. The zero-order valence-corrected chi connectivity index (χ0v) is 11.6. The average Bonchev–Trinajstić information content (AvgIpc) is 2.78. The van der Waals surface area contributed by atoms with Gasteiger partial charge in [-0.15, -0.1) is 0 Å². The van der Waals surface area contributed by atoms with Crippen molar-refractivity contribution >= 4 is 17.7 Å². The summed E-state index contributed by atoms with van der Waals surface area (Å²) in [6.45, 7) is 2.11. The Labute approximate surface area is 115 Å². The van der Waals surface area contributed by atoms with Gasteiger partial charge in [0.1, 0.15) is 0 Å². The number of aromatic nitrogens is 3. The minimum absolute atomic E-state index is 0.0131. The summed E-state index contributed by atoms with van der Waals surface area (Å²) >= 11 is 1.17. The molecule has 0 spiro atoms. The highest BCUT2D eigenvalue weighted by Gasteiger charge is 2.11. The molecule has 0 amide bonds. The Morgan fingerprint density at radius 3 is 2.63 bits per heavy atom. The zero-order chi connectivity index (χ0) is 13.8. The van der Waals surface area contributed by atoms with Crippen molar-refractivity contribution in [1.82, 2.24) is 14.8 Å². The number of aryl methyl sites for hydroxylation is 2. The molecule has 2 rings (SSSR count). The lowest BCUT2D eigenvalue weighted by atomic mass is 10.1. The fourth-order valence-corrected chi connectivity index (χ4v) is 2.27. The second kappa shape index (κ2) is 5.88. The fourth-order valence-electron chi connectivity index (χ4n) is 1.63. The first-order valence-corrected chi connectivity index (χ1v) is 6.93. The van der Waals surface area contributed by atoms with Gasteiger partial charge in [0, 0.05) is 12.6 Å². The number of carbonyl (C=O) groups is 1. The summed E-state index contributed by atoms with van der Waals surface area (Å²) in [5.74, 6) is -0.249. The predicted octanol–water partition coefficient (Wildman–Crippen LogP) is 2.22. The molecule has 0 saturated carbocycles. The first kappa shape index (κ1) is 13.6. The molecule has 1 aromatic heterocycles. The molecule has 0 fully saturated rings. The second-order valence-electron chi connectivity index (χ2n) is 4.07. The Balaban J connectivity index is 2.20. The van der Waals surface area contributed by atoms with E-state index in [0.29, 0.717) is 11.0 Å². The topological polar surface area (TPSA) is 68.0 Å². The van der Waals surface area contributed by atoms with E-state index in [1.165, 1.54) is 17.3 Å². The van der Waals surface area contributed by atoms with Crippen LogP contribution in [0.15, 0.2) is 29.4 Å². The zero-order valence-electron chi connectivity index (χ0n) is 10.8. The average molecular weight is 277 g/mol. The van der Waals surface area contributed by atoms with Crippen molar-refractivity contribution in [3.05, 3.63) is 29.8 Å². The predicted molar refractivity (Wildman–Crippen MR) is 74.2 cm³/mol. The Morgan fingerprint density at radius 2 is 2.05 bits per heavy atom. The van der Waals surface area contributed by atoms with Gasteiger partial charge in [-0.25, -0.2) is 9.67 Å². The highest BCUT2D eigenvalue weighted by atomic mass is 32.2. The number of hydrogen-bond acceptors (Lipinski definition) is 4. The molecule has 1 heterocycles. The summed E-state index contributed by atoms with van der Waals surface area (Å²) < 4.78 is 1.61. The molecular formula is C13H15N3O2S. The van der Waals surface area contributed by atoms with Crippen molar-refractivity contribution in [1.29, 1.82) is 0 Å². The van der Waals surface area contributed by atoms with E-state index in [0.717, 1.165) is 12.0 Å². The van der Waals surface area contributed by atoms with E-state index in [4.69, 9.17) is 5.11 Å². The van der Waals surface area contributed by atoms with Gasteiger partial charge in [0.25, 0.3) is 0 Å². The largest absolute Gasteiger partial charge is 0.481 e. The monoisotopic (exact) mass is 277 g/mol. The molecular weight excluding hydrogens is 262 g/mol. The fraction of sp³-hybridized carbons (Fsp3) is 0.308. The Hall–Kier alpha value is -1.82. The minimum atomic E-state index is -0.859. The molecule has 19 heavy (non-hydrogen) atoms. The number of hydrogen-bond donors (Lipinski definition) is 1. The maximum Gasteiger partial charge on any atom is 0.313 e. The first-order chi connectivity index (χ1) is 9.10. The third kappa shape index (κ3) is 3.35. The standard InChI is InChI=1S/C13H15N3O2S/c1-3-9-4-6-10(7-5-9)12-14-13(16(2)15-12)19-8-11(17)18/h4-7H,3,8H2,1-2H3,(H,17,18). The number of thioether (sulfide) groups is 1. The molecule has 5 nitrogen and oxygen atoms in total. The van der Waals surface area contributed by atoms with Crippen LogP contribution in [0.2, 0.25) is 0 Å². The summed E-state index contributed by atoms with van der Waals surface area (Å²) in [4.78, 5) is 14.9. The van der Waals surface area contributed by atoms with Gasteiger partial charge < -0.3 is 5.11 Å². The van der Waals surface area contributed by atoms with Crippen LogP contribution >= 0.6 is 11.8 Å². The van der Waals surface area contributed by atoms with Crippen LogP contribution < -0.4 is 0 Å². The normalized spacial score (nSPS) is 10.6. The Kier molecular flexibility index (Phi) is 4.21. The highest BCUT2D eigenvalue weighted by Crippen LogP contribution is 2.21. The molecule has 2 aromatic rings. The van der Waals surface area contributed by atoms with Crippen LogP contribution in [0.1, 0.15) is 12.5 Å². The number of aliphatic carboxylic acids is 1. The van der Waals surface area contributed by atoms with Gasteiger partial charge in [0.15, 0.2) is 11.0 Å². The maximum absolute atomic E-state index is 10.6. The number of benzene rings is 1. The van der Waals surface area contributed by atoms with Crippen molar-refractivity contribution in [2.75, 3.05) is 5.75 Å². The lowest BCUT2D eigenvalue weighted by molar-refractivity contribution is -0.133. The molecule has 0 atom stereocenters. The molecule has 0 saturated heterocycles. The number of nitrogens with zero attached hydrogens (tertiary/aromatic N) is 3. The van der Waals surface area contributed by atoms with E-state index in [-0.39, 0.29) is 5.75 Å². The molecule has 0 aliphatic carbocycles. The van der Waals surface area contributed by atoms with E-state index in [2.05, 4.69) is 29.1 Å². The van der Waals surface area contributed by atoms with Crippen LogP contribution in [-0.4, -0.2) is 31.6 Å². The van der Waals surface area contributed by atoms with Crippen molar-refractivity contribution in [3.63, 3.8) is 0 Å². The number of carboxylic acids is 1. The van der Waals surface area contributed by atoms with Crippen LogP contribution in [0.5, 0.6) is 0 Å². The lowest BCUT2D eigenvalue weighted by Gasteiger charge is -1.97. The minimum Gasteiger partial charge on any atom is -0.481 e. The summed E-state index contributed by atoms with van der Waals surface area (Å²) in [7, 11) is 1.76. The summed E-state index contributed by atoms with van der Waals surface area (Å²) in [5.41, 5.74) is 2.20. The highest BCUT2D eigenvalue weighted by molar-refractivity contribution is 7.99.